The third-order valence-electron chi connectivity index (χ3n) is 3.14. The lowest BCUT2D eigenvalue weighted by atomic mass is 9.92. The molecule has 4 N–H and O–H groups in total. The van der Waals surface area contributed by atoms with Crippen LogP contribution in [-0.4, -0.2) is 13.7 Å². The predicted molar refractivity (Wildman–Crippen MR) is 72.2 cm³/mol. The third-order valence-corrected chi connectivity index (χ3v) is 3.14. The summed E-state index contributed by atoms with van der Waals surface area (Å²) < 4.78 is 5.43. The van der Waals surface area contributed by atoms with E-state index in [-0.39, 0.29) is 6.04 Å². The Morgan fingerprint density at radius 1 is 1.29 bits per heavy atom. The van der Waals surface area contributed by atoms with E-state index in [2.05, 4.69) is 26.8 Å². The number of ether oxygens (including phenoxy) is 1. The SMILES string of the molecule is COc1cc(C)cc(C)c1C(N)CC(C)CN. The second kappa shape index (κ2) is 6.03. The zero-order valence-corrected chi connectivity index (χ0v) is 11.3. The van der Waals surface area contributed by atoms with Crippen LogP contribution in [0.3, 0.4) is 0 Å². The van der Waals surface area contributed by atoms with E-state index in [9.17, 15) is 0 Å². The molecule has 96 valence electrons. The van der Waals surface area contributed by atoms with Crippen LogP contribution in [-0.2, 0) is 0 Å². The summed E-state index contributed by atoms with van der Waals surface area (Å²) >= 11 is 0. The molecule has 0 saturated heterocycles. The first-order valence-corrected chi connectivity index (χ1v) is 6.10. The first-order chi connectivity index (χ1) is 7.99. The molecule has 0 fully saturated rings. The number of rotatable bonds is 5. The summed E-state index contributed by atoms with van der Waals surface area (Å²) in [6.07, 6.45) is 0.886. The van der Waals surface area contributed by atoms with Gasteiger partial charge < -0.3 is 16.2 Å². The summed E-state index contributed by atoms with van der Waals surface area (Å²) in [4.78, 5) is 0. The molecule has 2 unspecified atom stereocenters. The van der Waals surface area contributed by atoms with Crippen LogP contribution in [0.4, 0.5) is 0 Å². The molecule has 1 rings (SSSR count). The van der Waals surface area contributed by atoms with Crippen LogP contribution in [0.15, 0.2) is 12.1 Å². The molecular weight excluding hydrogens is 212 g/mol. The molecule has 0 aliphatic rings. The van der Waals surface area contributed by atoms with Gasteiger partial charge in [0.05, 0.1) is 7.11 Å². The zero-order chi connectivity index (χ0) is 13.0. The minimum atomic E-state index is -0.0101. The van der Waals surface area contributed by atoms with Crippen molar-refractivity contribution >= 4 is 0 Å². The summed E-state index contributed by atoms with van der Waals surface area (Å²) in [6, 6.07) is 4.17. The van der Waals surface area contributed by atoms with Gasteiger partial charge in [-0.15, -0.1) is 0 Å². The van der Waals surface area contributed by atoms with Crippen molar-refractivity contribution < 1.29 is 4.74 Å². The van der Waals surface area contributed by atoms with Crippen LogP contribution in [0, 0.1) is 19.8 Å². The van der Waals surface area contributed by atoms with Gasteiger partial charge in [0.25, 0.3) is 0 Å². The van der Waals surface area contributed by atoms with E-state index in [0.717, 1.165) is 17.7 Å². The van der Waals surface area contributed by atoms with Crippen molar-refractivity contribution in [3.05, 3.63) is 28.8 Å². The average molecular weight is 236 g/mol. The first kappa shape index (κ1) is 14.0. The van der Waals surface area contributed by atoms with Crippen LogP contribution >= 0.6 is 0 Å². The third kappa shape index (κ3) is 3.45. The molecule has 0 amide bonds. The van der Waals surface area contributed by atoms with Crippen LogP contribution in [0.25, 0.3) is 0 Å². The molecule has 0 bridgehead atoms. The smallest absolute Gasteiger partial charge is 0.124 e. The molecule has 3 heteroatoms. The van der Waals surface area contributed by atoms with Crippen molar-refractivity contribution in [3.8, 4) is 5.75 Å². The van der Waals surface area contributed by atoms with Crippen molar-refractivity contribution in [1.29, 1.82) is 0 Å². The van der Waals surface area contributed by atoms with Gasteiger partial charge in [-0.25, -0.2) is 0 Å². The largest absolute Gasteiger partial charge is 0.496 e. The summed E-state index contributed by atoms with van der Waals surface area (Å²) in [7, 11) is 1.69. The van der Waals surface area contributed by atoms with Crippen LogP contribution in [0.1, 0.15) is 36.1 Å². The highest BCUT2D eigenvalue weighted by Crippen LogP contribution is 2.31. The van der Waals surface area contributed by atoms with Crippen molar-refractivity contribution in [1.82, 2.24) is 0 Å². The van der Waals surface area contributed by atoms with Gasteiger partial charge in [0.1, 0.15) is 5.75 Å². The number of nitrogens with two attached hydrogens (primary N) is 2. The molecule has 3 nitrogen and oxygen atoms in total. The molecular formula is C14H24N2O. The molecule has 0 aromatic heterocycles. The highest BCUT2D eigenvalue weighted by molar-refractivity contribution is 5.44. The Morgan fingerprint density at radius 2 is 1.94 bits per heavy atom. The predicted octanol–water partition coefficient (Wildman–Crippen LogP) is 2.30. The fourth-order valence-corrected chi connectivity index (χ4v) is 2.23. The van der Waals surface area contributed by atoms with Gasteiger partial charge in [0.2, 0.25) is 0 Å². The summed E-state index contributed by atoms with van der Waals surface area (Å²) in [5.41, 5.74) is 15.4. The van der Waals surface area contributed by atoms with E-state index in [0.29, 0.717) is 12.5 Å². The van der Waals surface area contributed by atoms with Gasteiger partial charge in [-0.05, 0) is 49.9 Å². The topological polar surface area (TPSA) is 61.3 Å². The second-order valence-electron chi connectivity index (χ2n) is 4.88. The minimum absolute atomic E-state index is 0.0101. The van der Waals surface area contributed by atoms with E-state index in [1.807, 2.05) is 6.07 Å². The molecule has 0 saturated carbocycles. The molecule has 2 atom stereocenters. The Balaban J connectivity index is 3.03. The number of benzene rings is 1. The lowest BCUT2D eigenvalue weighted by Crippen LogP contribution is -2.20. The lowest BCUT2D eigenvalue weighted by molar-refractivity contribution is 0.396. The molecule has 0 aliphatic heterocycles. The Bertz CT molecular complexity index is 377. The van der Waals surface area contributed by atoms with Gasteiger partial charge >= 0.3 is 0 Å². The molecule has 0 radical (unpaired) electrons. The molecule has 0 heterocycles. The van der Waals surface area contributed by atoms with Crippen LogP contribution in [0.5, 0.6) is 5.75 Å². The number of hydrogen-bond acceptors (Lipinski definition) is 3. The van der Waals surface area contributed by atoms with Crippen molar-refractivity contribution in [2.75, 3.05) is 13.7 Å². The number of methoxy groups -OCH3 is 1. The fourth-order valence-electron chi connectivity index (χ4n) is 2.23. The van der Waals surface area contributed by atoms with E-state index in [1.54, 1.807) is 7.11 Å². The van der Waals surface area contributed by atoms with Gasteiger partial charge in [-0.1, -0.05) is 13.0 Å². The highest BCUT2D eigenvalue weighted by Gasteiger charge is 2.17. The molecule has 0 aliphatic carbocycles. The van der Waals surface area contributed by atoms with E-state index < -0.39 is 0 Å². The zero-order valence-electron chi connectivity index (χ0n) is 11.3. The fraction of sp³-hybridized carbons (Fsp3) is 0.571. The Kier molecular flexibility index (Phi) is 4.97. The highest BCUT2D eigenvalue weighted by atomic mass is 16.5. The first-order valence-electron chi connectivity index (χ1n) is 6.10. The molecule has 17 heavy (non-hydrogen) atoms. The van der Waals surface area contributed by atoms with Gasteiger partial charge in [-0.2, -0.15) is 0 Å². The number of hydrogen-bond donors (Lipinski definition) is 2. The molecule has 1 aromatic rings. The maximum atomic E-state index is 6.26. The Labute approximate surface area is 104 Å². The Hall–Kier alpha value is -1.06. The maximum Gasteiger partial charge on any atom is 0.124 e. The number of aryl methyl sites for hydroxylation is 2. The monoisotopic (exact) mass is 236 g/mol. The molecule has 0 spiro atoms. The standard InChI is InChI=1S/C14H24N2O/c1-9-5-11(3)14(13(7-9)17-4)12(16)6-10(2)8-15/h5,7,10,12H,6,8,15-16H2,1-4H3. The average Bonchev–Trinajstić information content (AvgIpc) is 2.27. The van der Waals surface area contributed by atoms with Gasteiger partial charge in [0.15, 0.2) is 0 Å². The van der Waals surface area contributed by atoms with Gasteiger partial charge in [0, 0.05) is 11.6 Å². The minimum Gasteiger partial charge on any atom is -0.496 e. The van der Waals surface area contributed by atoms with Crippen molar-refractivity contribution in [3.63, 3.8) is 0 Å². The van der Waals surface area contributed by atoms with E-state index in [4.69, 9.17) is 16.2 Å². The quantitative estimate of drug-likeness (QED) is 0.824. The summed E-state index contributed by atoms with van der Waals surface area (Å²) in [5, 5.41) is 0. The summed E-state index contributed by atoms with van der Waals surface area (Å²) in [5.74, 6) is 1.31. The van der Waals surface area contributed by atoms with Crippen LogP contribution < -0.4 is 16.2 Å². The normalized spacial score (nSPS) is 14.5. The molecule has 1 aromatic carbocycles. The lowest BCUT2D eigenvalue weighted by Gasteiger charge is -2.21. The Morgan fingerprint density at radius 3 is 2.47 bits per heavy atom. The van der Waals surface area contributed by atoms with Crippen molar-refractivity contribution in [2.45, 2.75) is 33.2 Å². The van der Waals surface area contributed by atoms with E-state index in [1.165, 1.54) is 11.1 Å². The second-order valence-corrected chi connectivity index (χ2v) is 4.88. The van der Waals surface area contributed by atoms with Crippen molar-refractivity contribution in [2.24, 2.45) is 17.4 Å². The maximum absolute atomic E-state index is 6.26. The summed E-state index contributed by atoms with van der Waals surface area (Å²) in [6.45, 7) is 6.93. The van der Waals surface area contributed by atoms with E-state index >= 15 is 0 Å². The van der Waals surface area contributed by atoms with Gasteiger partial charge in [-0.3, -0.25) is 0 Å². The van der Waals surface area contributed by atoms with Crippen LogP contribution in [0.2, 0.25) is 0 Å².